The molecule has 0 saturated heterocycles. The van der Waals surface area contributed by atoms with Crippen LogP contribution in [0.25, 0.3) is 0 Å². The largest absolute Gasteiger partial charge is 0.493 e. The van der Waals surface area contributed by atoms with E-state index in [4.69, 9.17) is 15.2 Å². The lowest BCUT2D eigenvalue weighted by Gasteiger charge is -2.10. The lowest BCUT2D eigenvalue weighted by Crippen LogP contribution is -2.10. The fourth-order valence-corrected chi connectivity index (χ4v) is 1.90. The first-order chi connectivity index (χ1) is 8.70. The van der Waals surface area contributed by atoms with Gasteiger partial charge in [0, 0.05) is 0 Å². The Morgan fingerprint density at radius 3 is 2.67 bits per heavy atom. The number of para-hydroxylation sites is 2. The number of nitrogen functional groups attached to an aromatic ring is 1. The maximum absolute atomic E-state index is 5.62. The van der Waals surface area contributed by atoms with Gasteiger partial charge in [-0.2, -0.15) is 4.98 Å². The molecule has 1 heterocycles. The minimum Gasteiger partial charge on any atom is -0.493 e. The second-order valence-corrected chi connectivity index (χ2v) is 4.17. The fourth-order valence-electron chi connectivity index (χ4n) is 1.46. The number of nitrogens with two attached hydrogens (primary N) is 1. The van der Waals surface area contributed by atoms with E-state index < -0.39 is 0 Å². The SMILES string of the molecule is COc1ccccc1OCCn1nc(N)nc1Br. The molecule has 1 aromatic carbocycles. The standard InChI is InChI=1S/C11H13BrN4O2/c1-17-8-4-2-3-5-9(8)18-7-6-16-10(12)14-11(13)15-16/h2-5H,6-7H2,1H3,(H2,13,15). The van der Waals surface area contributed by atoms with Crippen molar-refractivity contribution >= 4 is 21.9 Å². The van der Waals surface area contributed by atoms with Gasteiger partial charge in [-0.3, -0.25) is 0 Å². The zero-order chi connectivity index (χ0) is 13.0. The van der Waals surface area contributed by atoms with Gasteiger partial charge in [-0.25, -0.2) is 4.68 Å². The lowest BCUT2D eigenvalue weighted by atomic mass is 10.3. The molecule has 0 bridgehead atoms. The zero-order valence-corrected chi connectivity index (χ0v) is 11.4. The maximum atomic E-state index is 5.62. The molecule has 0 aliphatic carbocycles. The Hall–Kier alpha value is -1.76. The van der Waals surface area contributed by atoms with Crippen LogP contribution in [0.5, 0.6) is 11.5 Å². The average molecular weight is 313 g/mol. The first-order valence-electron chi connectivity index (χ1n) is 5.32. The third-order valence-electron chi connectivity index (χ3n) is 2.27. The summed E-state index contributed by atoms with van der Waals surface area (Å²) in [6.45, 7) is 0.991. The minimum atomic E-state index is 0.235. The Balaban J connectivity index is 1.94. The number of halogens is 1. The van der Waals surface area contributed by atoms with Gasteiger partial charge in [0.05, 0.1) is 13.7 Å². The van der Waals surface area contributed by atoms with Crippen molar-refractivity contribution in [3.63, 3.8) is 0 Å². The normalized spacial score (nSPS) is 10.3. The molecule has 0 fully saturated rings. The van der Waals surface area contributed by atoms with Crippen LogP contribution in [0.1, 0.15) is 0 Å². The van der Waals surface area contributed by atoms with Crippen molar-refractivity contribution in [1.82, 2.24) is 14.8 Å². The van der Waals surface area contributed by atoms with Gasteiger partial charge < -0.3 is 15.2 Å². The summed E-state index contributed by atoms with van der Waals surface area (Å²) in [5, 5.41) is 4.01. The van der Waals surface area contributed by atoms with Gasteiger partial charge in [-0.05, 0) is 28.1 Å². The lowest BCUT2D eigenvalue weighted by molar-refractivity contribution is 0.273. The van der Waals surface area contributed by atoms with Crippen molar-refractivity contribution in [2.45, 2.75) is 6.54 Å². The topological polar surface area (TPSA) is 75.2 Å². The highest BCUT2D eigenvalue weighted by molar-refractivity contribution is 9.10. The van der Waals surface area contributed by atoms with Crippen LogP contribution in [0, 0.1) is 0 Å². The van der Waals surface area contributed by atoms with Crippen LogP contribution in [0.15, 0.2) is 29.0 Å². The van der Waals surface area contributed by atoms with Crippen LogP contribution < -0.4 is 15.2 Å². The smallest absolute Gasteiger partial charge is 0.240 e. The van der Waals surface area contributed by atoms with Crippen molar-refractivity contribution in [3.8, 4) is 11.5 Å². The highest BCUT2D eigenvalue weighted by Crippen LogP contribution is 2.25. The van der Waals surface area contributed by atoms with Gasteiger partial charge in [-0.15, -0.1) is 5.10 Å². The van der Waals surface area contributed by atoms with E-state index in [2.05, 4.69) is 26.0 Å². The minimum absolute atomic E-state index is 0.235. The number of aromatic nitrogens is 3. The van der Waals surface area contributed by atoms with Crippen molar-refractivity contribution < 1.29 is 9.47 Å². The van der Waals surface area contributed by atoms with E-state index in [0.717, 1.165) is 0 Å². The van der Waals surface area contributed by atoms with Crippen LogP contribution in [-0.4, -0.2) is 28.5 Å². The predicted molar refractivity (Wildman–Crippen MR) is 70.6 cm³/mol. The molecular formula is C11H13BrN4O2. The van der Waals surface area contributed by atoms with E-state index in [1.165, 1.54) is 0 Å². The van der Waals surface area contributed by atoms with Crippen LogP contribution in [0.3, 0.4) is 0 Å². The van der Waals surface area contributed by atoms with Crippen molar-refractivity contribution in [2.75, 3.05) is 19.5 Å². The van der Waals surface area contributed by atoms with Crippen LogP contribution in [0.2, 0.25) is 0 Å². The van der Waals surface area contributed by atoms with Crippen molar-refractivity contribution in [2.24, 2.45) is 0 Å². The number of methoxy groups -OCH3 is 1. The monoisotopic (exact) mass is 312 g/mol. The maximum Gasteiger partial charge on any atom is 0.240 e. The predicted octanol–water partition coefficient (Wildman–Crippen LogP) is 1.71. The average Bonchev–Trinajstić information content (AvgIpc) is 2.68. The molecule has 96 valence electrons. The molecule has 0 amide bonds. The second kappa shape index (κ2) is 5.72. The van der Waals surface area contributed by atoms with Crippen molar-refractivity contribution in [1.29, 1.82) is 0 Å². The molecule has 2 N–H and O–H groups in total. The second-order valence-electron chi connectivity index (χ2n) is 3.46. The molecule has 0 atom stereocenters. The van der Waals surface area contributed by atoms with Gasteiger partial charge in [0.1, 0.15) is 6.61 Å². The molecule has 6 nitrogen and oxygen atoms in total. The number of nitrogens with zero attached hydrogens (tertiary/aromatic N) is 3. The number of hydrogen-bond acceptors (Lipinski definition) is 5. The summed E-state index contributed by atoms with van der Waals surface area (Å²) in [4.78, 5) is 3.94. The van der Waals surface area contributed by atoms with Crippen LogP contribution >= 0.6 is 15.9 Å². The van der Waals surface area contributed by atoms with E-state index in [9.17, 15) is 0 Å². The molecule has 0 spiro atoms. The van der Waals surface area contributed by atoms with E-state index >= 15 is 0 Å². The highest BCUT2D eigenvalue weighted by atomic mass is 79.9. The van der Waals surface area contributed by atoms with Gasteiger partial charge in [0.15, 0.2) is 16.2 Å². The number of benzene rings is 1. The fraction of sp³-hybridized carbons (Fsp3) is 0.273. The molecule has 0 aliphatic rings. The Labute approximate surface area is 113 Å². The molecule has 0 radical (unpaired) electrons. The molecule has 2 rings (SSSR count). The Morgan fingerprint density at radius 2 is 2.06 bits per heavy atom. The summed E-state index contributed by atoms with van der Waals surface area (Å²) < 4.78 is 13.0. The van der Waals surface area contributed by atoms with Gasteiger partial charge >= 0.3 is 0 Å². The number of rotatable bonds is 5. The summed E-state index contributed by atoms with van der Waals surface area (Å²) >= 11 is 3.26. The van der Waals surface area contributed by atoms with Crippen LogP contribution in [0.4, 0.5) is 5.95 Å². The van der Waals surface area contributed by atoms with E-state index in [0.29, 0.717) is 29.4 Å². The Bertz CT molecular complexity index is 530. The molecule has 1 aromatic heterocycles. The van der Waals surface area contributed by atoms with Crippen LogP contribution in [-0.2, 0) is 6.54 Å². The van der Waals surface area contributed by atoms with Crippen molar-refractivity contribution in [3.05, 3.63) is 29.0 Å². The summed E-state index contributed by atoms with van der Waals surface area (Å²) in [5.41, 5.74) is 5.47. The third kappa shape index (κ3) is 2.92. The quantitative estimate of drug-likeness (QED) is 0.909. The van der Waals surface area contributed by atoms with Gasteiger partial charge in [0.25, 0.3) is 0 Å². The molecule has 0 unspecified atom stereocenters. The highest BCUT2D eigenvalue weighted by Gasteiger charge is 2.06. The van der Waals surface area contributed by atoms with Gasteiger partial charge in [0.2, 0.25) is 5.95 Å². The Kier molecular flexibility index (Phi) is 4.03. The summed E-state index contributed by atoms with van der Waals surface area (Å²) in [6, 6.07) is 7.48. The van der Waals surface area contributed by atoms with E-state index in [-0.39, 0.29) is 5.95 Å². The molecule has 0 saturated carbocycles. The molecule has 2 aromatic rings. The number of hydrogen-bond donors (Lipinski definition) is 1. The zero-order valence-electron chi connectivity index (χ0n) is 9.84. The summed E-state index contributed by atoms with van der Waals surface area (Å²) in [5.74, 6) is 1.64. The van der Waals surface area contributed by atoms with Gasteiger partial charge in [-0.1, -0.05) is 12.1 Å². The molecular weight excluding hydrogens is 300 g/mol. The number of ether oxygens (including phenoxy) is 2. The number of anilines is 1. The van der Waals surface area contributed by atoms with E-state index in [1.54, 1.807) is 11.8 Å². The van der Waals surface area contributed by atoms with E-state index in [1.807, 2.05) is 24.3 Å². The first-order valence-corrected chi connectivity index (χ1v) is 6.11. The Morgan fingerprint density at radius 1 is 1.33 bits per heavy atom. The molecule has 0 aliphatic heterocycles. The molecule has 7 heteroatoms. The molecule has 18 heavy (non-hydrogen) atoms. The third-order valence-corrected chi connectivity index (χ3v) is 2.86. The summed E-state index contributed by atoms with van der Waals surface area (Å²) in [6.07, 6.45) is 0. The summed E-state index contributed by atoms with van der Waals surface area (Å²) in [7, 11) is 1.61. The first kappa shape index (κ1) is 12.7.